The Kier molecular flexibility index (Phi) is 6.77. The number of halogens is 1. The van der Waals surface area contributed by atoms with Crippen LogP contribution in [0.25, 0.3) is 16.6 Å². The van der Waals surface area contributed by atoms with Gasteiger partial charge in [0.05, 0.1) is 5.69 Å². The summed E-state index contributed by atoms with van der Waals surface area (Å²) in [7, 11) is 0. The minimum atomic E-state index is -0.929. The summed E-state index contributed by atoms with van der Waals surface area (Å²) < 4.78 is 15.0. The number of nitrogens with one attached hydrogen (secondary N) is 2. The van der Waals surface area contributed by atoms with Crippen LogP contribution in [0.15, 0.2) is 63.2 Å². The molecule has 4 aromatic rings. The lowest BCUT2D eigenvalue weighted by Gasteiger charge is -2.12. The first kappa shape index (κ1) is 23.2. The van der Waals surface area contributed by atoms with Gasteiger partial charge in [-0.2, -0.15) is 0 Å². The molecule has 3 N–H and O–H groups in total. The molecule has 34 heavy (non-hydrogen) atoms. The minimum absolute atomic E-state index is 0.159. The van der Waals surface area contributed by atoms with Gasteiger partial charge in [-0.3, -0.25) is 14.8 Å². The highest BCUT2D eigenvalue weighted by molar-refractivity contribution is 6.00. The zero-order valence-electron chi connectivity index (χ0n) is 19.2. The highest BCUT2D eigenvalue weighted by Crippen LogP contribution is 2.22. The third kappa shape index (κ3) is 4.57. The van der Waals surface area contributed by atoms with E-state index >= 15 is 0 Å². The maximum absolute atomic E-state index is 14.3. The van der Waals surface area contributed by atoms with Gasteiger partial charge in [-0.25, -0.2) is 13.8 Å². The van der Waals surface area contributed by atoms with Crippen LogP contribution in [-0.4, -0.2) is 31.9 Å². The van der Waals surface area contributed by atoms with Crippen LogP contribution in [0.1, 0.15) is 43.4 Å². The van der Waals surface area contributed by atoms with E-state index in [1.165, 1.54) is 29.8 Å². The van der Waals surface area contributed by atoms with Gasteiger partial charge in [-0.1, -0.05) is 31.5 Å². The standard InChI is InChI=1S/C26H27FN4O3/c1-3-4-7-17-10-11-21-19(14-17)18(15-29-21)12-13-28-16(2)23-24(32)30-26(34)31(25(23)33)22-9-6-5-8-20(22)27/h5-6,8-11,14-15,29,33H,3-4,7,12-13H2,1-2H3,(H,30,32,34). The van der Waals surface area contributed by atoms with E-state index in [4.69, 9.17) is 0 Å². The van der Waals surface area contributed by atoms with Crippen LogP contribution in [-0.2, 0) is 12.8 Å². The second-order valence-electron chi connectivity index (χ2n) is 8.26. The van der Waals surface area contributed by atoms with Crippen molar-refractivity contribution in [2.75, 3.05) is 6.54 Å². The summed E-state index contributed by atoms with van der Waals surface area (Å²) >= 11 is 0. The maximum Gasteiger partial charge on any atom is 0.335 e. The first-order valence-corrected chi connectivity index (χ1v) is 11.3. The monoisotopic (exact) mass is 462 g/mol. The molecule has 8 heteroatoms. The number of fused-ring (bicyclic) bond motifs is 1. The topological polar surface area (TPSA) is 103 Å². The first-order valence-electron chi connectivity index (χ1n) is 11.3. The van der Waals surface area contributed by atoms with E-state index in [9.17, 15) is 19.1 Å². The molecule has 0 spiro atoms. The highest BCUT2D eigenvalue weighted by Gasteiger charge is 2.19. The number of unbranched alkanes of at least 4 members (excludes halogenated alkanes) is 1. The molecule has 0 aliphatic rings. The predicted octanol–water partition coefficient (Wildman–Crippen LogP) is 4.25. The number of hydrogen-bond acceptors (Lipinski definition) is 4. The molecule has 0 amide bonds. The van der Waals surface area contributed by atoms with Crippen molar-refractivity contribution in [1.29, 1.82) is 0 Å². The van der Waals surface area contributed by atoms with Crippen molar-refractivity contribution in [2.24, 2.45) is 4.99 Å². The van der Waals surface area contributed by atoms with Crippen molar-refractivity contribution in [3.63, 3.8) is 0 Å². The number of aromatic hydroxyl groups is 1. The average molecular weight is 463 g/mol. The highest BCUT2D eigenvalue weighted by atomic mass is 19.1. The van der Waals surface area contributed by atoms with Gasteiger partial charge in [-0.05, 0) is 61.6 Å². The molecule has 2 aromatic carbocycles. The molecular weight excluding hydrogens is 435 g/mol. The van der Waals surface area contributed by atoms with Crippen LogP contribution in [0.2, 0.25) is 0 Å². The number of nitrogens with zero attached hydrogens (tertiary/aromatic N) is 2. The fourth-order valence-electron chi connectivity index (χ4n) is 4.10. The van der Waals surface area contributed by atoms with Gasteiger partial charge in [0.15, 0.2) is 0 Å². The van der Waals surface area contributed by atoms with Gasteiger partial charge in [0.1, 0.15) is 11.4 Å². The maximum atomic E-state index is 14.3. The van der Waals surface area contributed by atoms with E-state index in [1.54, 1.807) is 6.92 Å². The van der Waals surface area contributed by atoms with Crippen molar-refractivity contribution in [2.45, 2.75) is 39.5 Å². The Morgan fingerprint density at radius 1 is 1.15 bits per heavy atom. The van der Waals surface area contributed by atoms with Gasteiger partial charge in [0.25, 0.3) is 5.56 Å². The van der Waals surface area contributed by atoms with Crippen LogP contribution in [0.4, 0.5) is 4.39 Å². The quantitative estimate of drug-likeness (QED) is 0.341. The zero-order chi connectivity index (χ0) is 24.2. The number of aromatic nitrogens is 3. The van der Waals surface area contributed by atoms with Gasteiger partial charge in [0.2, 0.25) is 5.88 Å². The van der Waals surface area contributed by atoms with E-state index in [1.807, 2.05) is 6.20 Å². The average Bonchev–Trinajstić information content (AvgIpc) is 3.21. The van der Waals surface area contributed by atoms with Crippen LogP contribution >= 0.6 is 0 Å². The van der Waals surface area contributed by atoms with Crippen LogP contribution < -0.4 is 11.2 Å². The normalized spacial score (nSPS) is 11.9. The molecule has 2 heterocycles. The molecule has 0 aliphatic carbocycles. The number of H-pyrrole nitrogens is 2. The third-order valence-corrected chi connectivity index (χ3v) is 5.92. The Labute approximate surface area is 195 Å². The fourth-order valence-corrected chi connectivity index (χ4v) is 4.10. The molecule has 0 fully saturated rings. The van der Waals surface area contributed by atoms with Crippen molar-refractivity contribution < 1.29 is 9.50 Å². The Morgan fingerprint density at radius 3 is 2.71 bits per heavy atom. The van der Waals surface area contributed by atoms with E-state index in [0.29, 0.717) is 13.0 Å². The number of aromatic amines is 2. The summed E-state index contributed by atoms with van der Waals surface area (Å²) in [5.41, 5.74) is 1.69. The number of aliphatic imine (C=N–C) groups is 1. The molecule has 0 radical (unpaired) electrons. The Bertz CT molecular complexity index is 1480. The summed E-state index contributed by atoms with van der Waals surface area (Å²) in [6.07, 6.45) is 5.90. The lowest BCUT2D eigenvalue weighted by molar-refractivity contribution is 0.426. The summed E-state index contributed by atoms with van der Waals surface area (Å²) in [6, 6.07) is 11.9. The molecule has 176 valence electrons. The predicted molar refractivity (Wildman–Crippen MR) is 132 cm³/mol. The molecule has 2 aromatic heterocycles. The third-order valence-electron chi connectivity index (χ3n) is 5.92. The Hall–Kier alpha value is -3.94. The van der Waals surface area contributed by atoms with Crippen molar-refractivity contribution >= 4 is 16.6 Å². The molecular formula is C26H27FN4O3. The second kappa shape index (κ2) is 9.91. The fraction of sp³-hybridized carbons (Fsp3) is 0.269. The number of para-hydroxylation sites is 1. The number of aryl methyl sites for hydroxylation is 1. The summed E-state index contributed by atoms with van der Waals surface area (Å²) in [4.78, 5) is 34.7. The molecule has 0 bridgehead atoms. The van der Waals surface area contributed by atoms with E-state index in [0.717, 1.165) is 40.3 Å². The van der Waals surface area contributed by atoms with Gasteiger partial charge >= 0.3 is 5.69 Å². The zero-order valence-corrected chi connectivity index (χ0v) is 19.2. The summed E-state index contributed by atoms with van der Waals surface area (Å²) in [6.45, 7) is 4.13. The van der Waals surface area contributed by atoms with Crippen molar-refractivity contribution in [3.05, 3.63) is 92.0 Å². The molecule has 7 nitrogen and oxygen atoms in total. The first-order chi connectivity index (χ1) is 16.4. The number of benzene rings is 2. The van der Waals surface area contributed by atoms with E-state index in [-0.39, 0.29) is 17.0 Å². The van der Waals surface area contributed by atoms with Crippen LogP contribution in [0, 0.1) is 5.82 Å². The van der Waals surface area contributed by atoms with Crippen molar-refractivity contribution in [3.8, 4) is 11.6 Å². The SMILES string of the molecule is CCCCc1ccc2[nH]cc(CCN=C(C)c3c(O)n(-c4ccccc4F)c(=O)[nH]c3=O)c2c1. The van der Waals surface area contributed by atoms with Gasteiger partial charge in [-0.15, -0.1) is 0 Å². The minimum Gasteiger partial charge on any atom is -0.493 e. The molecule has 0 unspecified atom stereocenters. The lowest BCUT2D eigenvalue weighted by Crippen LogP contribution is -2.33. The molecule has 0 atom stereocenters. The number of hydrogen-bond donors (Lipinski definition) is 3. The smallest absolute Gasteiger partial charge is 0.335 e. The van der Waals surface area contributed by atoms with E-state index in [2.05, 4.69) is 40.1 Å². The number of rotatable bonds is 8. The van der Waals surface area contributed by atoms with Crippen molar-refractivity contribution in [1.82, 2.24) is 14.5 Å². The second-order valence-corrected chi connectivity index (χ2v) is 8.26. The Morgan fingerprint density at radius 2 is 1.94 bits per heavy atom. The van der Waals surface area contributed by atoms with Crippen LogP contribution in [0.3, 0.4) is 0 Å². The lowest BCUT2D eigenvalue weighted by atomic mass is 10.0. The molecule has 4 rings (SSSR count). The molecule has 0 saturated carbocycles. The largest absolute Gasteiger partial charge is 0.493 e. The van der Waals surface area contributed by atoms with Crippen LogP contribution in [0.5, 0.6) is 5.88 Å². The summed E-state index contributed by atoms with van der Waals surface area (Å²) in [5.74, 6) is -1.35. The molecule has 0 aliphatic heterocycles. The summed E-state index contributed by atoms with van der Waals surface area (Å²) in [5, 5.41) is 11.9. The Balaban J connectivity index is 1.61. The molecule has 0 saturated heterocycles. The van der Waals surface area contributed by atoms with E-state index < -0.39 is 22.9 Å². The van der Waals surface area contributed by atoms with Gasteiger partial charge in [0, 0.05) is 29.4 Å². The van der Waals surface area contributed by atoms with Gasteiger partial charge < -0.3 is 10.1 Å².